The van der Waals surface area contributed by atoms with Crippen LogP contribution in [0.4, 0.5) is 11.6 Å². The molecule has 3 N–H and O–H groups in total. The third-order valence-electron chi connectivity index (χ3n) is 2.39. The average Bonchev–Trinajstić information content (AvgIpc) is 2.25. The summed E-state index contributed by atoms with van der Waals surface area (Å²) < 4.78 is 0. The third kappa shape index (κ3) is 4.02. The van der Waals surface area contributed by atoms with Crippen molar-refractivity contribution >= 4 is 11.6 Å². The zero-order valence-corrected chi connectivity index (χ0v) is 10.5. The molecule has 0 saturated carbocycles. The summed E-state index contributed by atoms with van der Waals surface area (Å²) in [6, 6.07) is 1.92. The van der Waals surface area contributed by atoms with Crippen molar-refractivity contribution < 1.29 is 0 Å². The lowest BCUT2D eigenvalue weighted by molar-refractivity contribution is 0.478. The number of hydrogen-bond acceptors (Lipinski definition) is 5. The summed E-state index contributed by atoms with van der Waals surface area (Å²) in [7, 11) is 3.85. The number of hydrogen-bond donors (Lipinski definition) is 2. The lowest BCUT2D eigenvalue weighted by Gasteiger charge is -2.24. The summed E-state index contributed by atoms with van der Waals surface area (Å²) in [5, 5.41) is 2.99. The Kier molecular flexibility index (Phi) is 4.06. The van der Waals surface area contributed by atoms with Gasteiger partial charge in [0.1, 0.15) is 18.0 Å². The Hall–Kier alpha value is -1.36. The van der Waals surface area contributed by atoms with Gasteiger partial charge in [-0.3, -0.25) is 0 Å². The molecule has 90 valence electrons. The Bertz CT molecular complexity index is 331. The van der Waals surface area contributed by atoms with Crippen LogP contribution in [0.3, 0.4) is 0 Å². The second-order valence-corrected chi connectivity index (χ2v) is 4.67. The minimum atomic E-state index is -0.146. The van der Waals surface area contributed by atoms with Gasteiger partial charge in [0, 0.05) is 32.2 Å². The van der Waals surface area contributed by atoms with Gasteiger partial charge in [-0.1, -0.05) is 0 Å². The highest BCUT2D eigenvalue weighted by molar-refractivity contribution is 5.47. The molecule has 16 heavy (non-hydrogen) atoms. The first-order valence-electron chi connectivity index (χ1n) is 5.42. The van der Waals surface area contributed by atoms with Gasteiger partial charge in [0.15, 0.2) is 0 Å². The summed E-state index contributed by atoms with van der Waals surface area (Å²) in [6.45, 7) is 4.93. The number of nitrogens with two attached hydrogens (primary N) is 1. The summed E-state index contributed by atoms with van der Waals surface area (Å²) >= 11 is 0. The Morgan fingerprint density at radius 2 is 2.12 bits per heavy atom. The third-order valence-corrected chi connectivity index (χ3v) is 2.39. The molecule has 1 heterocycles. The fourth-order valence-electron chi connectivity index (χ4n) is 1.26. The first-order valence-corrected chi connectivity index (χ1v) is 5.42. The van der Waals surface area contributed by atoms with E-state index in [4.69, 9.17) is 5.73 Å². The van der Waals surface area contributed by atoms with Crippen molar-refractivity contribution in [2.45, 2.75) is 25.8 Å². The Balaban J connectivity index is 2.62. The number of rotatable bonds is 5. The second-order valence-electron chi connectivity index (χ2n) is 4.67. The molecule has 5 heteroatoms. The SMILES string of the molecule is CNc1cc(N(C)CCC(C)(C)N)ncn1. The molecular weight excluding hydrogens is 202 g/mol. The molecule has 0 saturated heterocycles. The monoisotopic (exact) mass is 223 g/mol. The normalized spacial score (nSPS) is 11.3. The first kappa shape index (κ1) is 12.7. The van der Waals surface area contributed by atoms with Gasteiger partial charge in [-0.15, -0.1) is 0 Å². The van der Waals surface area contributed by atoms with Crippen LogP contribution in [0.5, 0.6) is 0 Å². The van der Waals surface area contributed by atoms with Gasteiger partial charge in [-0.25, -0.2) is 9.97 Å². The summed E-state index contributed by atoms with van der Waals surface area (Å²) in [5.41, 5.74) is 5.80. The minimum Gasteiger partial charge on any atom is -0.373 e. The van der Waals surface area contributed by atoms with E-state index in [0.29, 0.717) is 0 Å². The van der Waals surface area contributed by atoms with E-state index in [1.165, 1.54) is 0 Å². The second kappa shape index (κ2) is 5.12. The maximum atomic E-state index is 5.95. The van der Waals surface area contributed by atoms with Crippen molar-refractivity contribution in [2.24, 2.45) is 5.73 Å². The molecule has 0 amide bonds. The van der Waals surface area contributed by atoms with Gasteiger partial charge in [0.2, 0.25) is 0 Å². The molecule has 0 atom stereocenters. The molecule has 5 nitrogen and oxygen atoms in total. The molecule has 0 unspecified atom stereocenters. The van der Waals surface area contributed by atoms with Crippen LogP contribution < -0.4 is 16.0 Å². The maximum absolute atomic E-state index is 5.95. The summed E-state index contributed by atoms with van der Waals surface area (Å²) in [6.07, 6.45) is 2.48. The summed E-state index contributed by atoms with van der Waals surface area (Å²) in [4.78, 5) is 10.4. The van der Waals surface area contributed by atoms with E-state index in [1.54, 1.807) is 6.33 Å². The highest BCUT2D eigenvalue weighted by atomic mass is 15.2. The first-order chi connectivity index (χ1) is 7.42. The smallest absolute Gasteiger partial charge is 0.133 e. The molecular formula is C11H21N5. The van der Waals surface area contributed by atoms with Gasteiger partial charge < -0.3 is 16.0 Å². The van der Waals surface area contributed by atoms with Crippen LogP contribution in [0.2, 0.25) is 0 Å². The zero-order valence-electron chi connectivity index (χ0n) is 10.5. The highest BCUT2D eigenvalue weighted by Crippen LogP contribution is 2.14. The van der Waals surface area contributed by atoms with E-state index < -0.39 is 0 Å². The van der Waals surface area contributed by atoms with E-state index in [2.05, 4.69) is 20.2 Å². The molecule has 0 fully saturated rings. The highest BCUT2D eigenvalue weighted by Gasteiger charge is 2.12. The predicted molar refractivity (Wildman–Crippen MR) is 67.7 cm³/mol. The molecule has 1 aromatic rings. The molecule has 0 radical (unpaired) electrons. The molecule has 1 aromatic heterocycles. The number of nitrogens with zero attached hydrogens (tertiary/aromatic N) is 3. The van der Waals surface area contributed by atoms with Crippen LogP contribution in [0, 0.1) is 0 Å². The molecule has 0 aromatic carbocycles. The van der Waals surface area contributed by atoms with Crippen LogP contribution in [0.15, 0.2) is 12.4 Å². The van der Waals surface area contributed by atoms with Crippen LogP contribution in [-0.2, 0) is 0 Å². The van der Waals surface area contributed by atoms with Crippen molar-refractivity contribution in [3.8, 4) is 0 Å². The van der Waals surface area contributed by atoms with E-state index in [1.807, 2.05) is 34.0 Å². The van der Waals surface area contributed by atoms with Crippen LogP contribution >= 0.6 is 0 Å². The number of nitrogens with one attached hydrogen (secondary N) is 1. The molecule has 0 aliphatic heterocycles. The number of anilines is 2. The summed E-state index contributed by atoms with van der Waals surface area (Å²) in [5.74, 6) is 1.73. The van der Waals surface area contributed by atoms with Crippen LogP contribution in [0.25, 0.3) is 0 Å². The van der Waals surface area contributed by atoms with Gasteiger partial charge >= 0.3 is 0 Å². The molecule has 0 spiro atoms. The van der Waals surface area contributed by atoms with Gasteiger partial charge in [0.05, 0.1) is 0 Å². The Morgan fingerprint density at radius 1 is 1.44 bits per heavy atom. The fraction of sp³-hybridized carbons (Fsp3) is 0.636. The Labute approximate surface area is 97.1 Å². The van der Waals surface area contributed by atoms with Crippen molar-refractivity contribution in [3.05, 3.63) is 12.4 Å². The predicted octanol–water partition coefficient (Wildman–Crippen LogP) is 1.08. The van der Waals surface area contributed by atoms with E-state index >= 15 is 0 Å². The molecule has 0 aliphatic rings. The lowest BCUT2D eigenvalue weighted by atomic mass is 10.0. The standard InChI is InChI=1S/C11H21N5/c1-11(2,12)5-6-16(4)10-7-9(13-3)14-8-15-10/h7-8H,5-6,12H2,1-4H3,(H,13,14,15). The van der Waals surface area contributed by atoms with Crippen molar-refractivity contribution in [1.29, 1.82) is 0 Å². The lowest BCUT2D eigenvalue weighted by Crippen LogP contribution is -2.36. The number of aromatic nitrogens is 2. The van der Waals surface area contributed by atoms with Crippen LogP contribution in [-0.4, -0.2) is 36.1 Å². The minimum absolute atomic E-state index is 0.146. The maximum Gasteiger partial charge on any atom is 0.133 e. The zero-order chi connectivity index (χ0) is 12.2. The Morgan fingerprint density at radius 3 is 2.69 bits per heavy atom. The van der Waals surface area contributed by atoms with Crippen LogP contribution in [0.1, 0.15) is 20.3 Å². The largest absolute Gasteiger partial charge is 0.373 e. The van der Waals surface area contributed by atoms with Gasteiger partial charge in [-0.2, -0.15) is 0 Å². The molecule has 0 bridgehead atoms. The van der Waals surface area contributed by atoms with Crippen molar-refractivity contribution in [1.82, 2.24) is 9.97 Å². The van der Waals surface area contributed by atoms with Gasteiger partial charge in [-0.05, 0) is 20.3 Å². The van der Waals surface area contributed by atoms with Gasteiger partial charge in [0.25, 0.3) is 0 Å². The topological polar surface area (TPSA) is 67.1 Å². The van der Waals surface area contributed by atoms with E-state index in [-0.39, 0.29) is 5.54 Å². The molecule has 0 aliphatic carbocycles. The van der Waals surface area contributed by atoms with Crippen molar-refractivity contribution in [2.75, 3.05) is 30.9 Å². The average molecular weight is 223 g/mol. The van der Waals surface area contributed by atoms with E-state index in [9.17, 15) is 0 Å². The molecule has 1 rings (SSSR count). The fourth-order valence-corrected chi connectivity index (χ4v) is 1.26. The van der Waals surface area contributed by atoms with Crippen molar-refractivity contribution in [3.63, 3.8) is 0 Å². The quantitative estimate of drug-likeness (QED) is 0.782. The van der Waals surface area contributed by atoms with E-state index in [0.717, 1.165) is 24.6 Å².